The van der Waals surface area contributed by atoms with Crippen LogP contribution in [0.25, 0.3) is 0 Å². The fourth-order valence-electron chi connectivity index (χ4n) is 6.68. The van der Waals surface area contributed by atoms with Gasteiger partial charge < -0.3 is 14.8 Å². The first kappa shape index (κ1) is 22.4. The van der Waals surface area contributed by atoms with Crippen LogP contribution in [-0.2, 0) is 12.7 Å². The Morgan fingerprint density at radius 1 is 0.944 bits per heavy atom. The monoisotopic (exact) mass is 502 g/mol. The molecule has 0 atom stereocenters. The van der Waals surface area contributed by atoms with Gasteiger partial charge in [-0.3, -0.25) is 9.88 Å². The molecular weight excluding hydrogens is 473 g/mol. The molecule has 2 spiro atoms. The Bertz CT molecular complexity index is 1160. The molecule has 2 saturated carbocycles. The second-order valence-corrected chi connectivity index (χ2v) is 11.8. The first-order chi connectivity index (χ1) is 17.2. The number of rotatable bonds is 4. The second-order valence-electron chi connectivity index (χ2n) is 11.8. The molecule has 1 N–H and O–H groups in total. The van der Waals surface area contributed by atoms with Crippen molar-refractivity contribution >= 4 is 6.03 Å². The summed E-state index contributed by atoms with van der Waals surface area (Å²) >= 11 is 0. The lowest BCUT2D eigenvalue weighted by atomic mass is 9.57. The van der Waals surface area contributed by atoms with E-state index in [1.165, 1.54) is 19.0 Å². The molecule has 36 heavy (non-hydrogen) atoms. The minimum atomic E-state index is -4.47. The van der Waals surface area contributed by atoms with Crippen LogP contribution in [0.15, 0.2) is 12.4 Å². The predicted molar refractivity (Wildman–Crippen MR) is 121 cm³/mol. The third-order valence-corrected chi connectivity index (χ3v) is 8.78. The van der Waals surface area contributed by atoms with Gasteiger partial charge in [0.25, 0.3) is 0 Å². The van der Waals surface area contributed by atoms with Crippen LogP contribution >= 0.6 is 0 Å². The van der Waals surface area contributed by atoms with Crippen LogP contribution in [0, 0.1) is 10.8 Å². The Morgan fingerprint density at radius 2 is 1.61 bits per heavy atom. The van der Waals surface area contributed by atoms with E-state index in [0.29, 0.717) is 24.1 Å². The summed E-state index contributed by atoms with van der Waals surface area (Å²) in [4.78, 5) is 30.0. The molecule has 2 aromatic heterocycles. The maximum Gasteiger partial charge on any atom is 0.434 e. The van der Waals surface area contributed by atoms with E-state index in [1.54, 1.807) is 0 Å². The van der Waals surface area contributed by atoms with E-state index in [2.05, 4.69) is 30.0 Å². The van der Waals surface area contributed by atoms with Crippen molar-refractivity contribution in [1.29, 1.82) is 0 Å². The van der Waals surface area contributed by atoms with Gasteiger partial charge in [-0.05, 0) is 38.6 Å². The summed E-state index contributed by atoms with van der Waals surface area (Å²) in [5, 5.41) is 8.67. The number of nitrogens with zero attached hydrogens (tertiary/aromatic N) is 7. The second kappa shape index (κ2) is 7.62. The van der Waals surface area contributed by atoms with Gasteiger partial charge in [-0.2, -0.15) is 13.2 Å². The van der Waals surface area contributed by atoms with Crippen molar-refractivity contribution in [3.8, 4) is 0 Å². The van der Waals surface area contributed by atoms with E-state index in [0.717, 1.165) is 76.4 Å². The molecule has 5 aliphatic rings. The Balaban J connectivity index is 0.860. The van der Waals surface area contributed by atoms with Gasteiger partial charge in [0.2, 0.25) is 0 Å². The molecule has 0 radical (unpaired) electrons. The lowest BCUT2D eigenvalue weighted by molar-refractivity contribution is -0.141. The maximum atomic E-state index is 13.0. The zero-order valence-electron chi connectivity index (χ0n) is 20.0. The summed E-state index contributed by atoms with van der Waals surface area (Å²) in [6, 6.07) is 0.137. The average Bonchev–Trinajstić information content (AvgIpc) is 3.34. The van der Waals surface area contributed by atoms with Crippen LogP contribution in [0.2, 0.25) is 0 Å². The first-order valence-electron chi connectivity index (χ1n) is 12.8. The largest absolute Gasteiger partial charge is 0.434 e. The molecule has 5 heterocycles. The normalized spacial score (nSPS) is 25.2. The van der Waals surface area contributed by atoms with E-state index >= 15 is 0 Å². The number of H-pyrrole nitrogens is 1. The van der Waals surface area contributed by atoms with Gasteiger partial charge in [0, 0.05) is 61.9 Å². The molecule has 7 rings (SSSR count). The number of carbonyl (C=O) groups excluding carboxylic acids is 1. The van der Waals surface area contributed by atoms with Crippen LogP contribution in [0.3, 0.4) is 0 Å². The summed E-state index contributed by atoms with van der Waals surface area (Å²) in [7, 11) is 0. The molecule has 192 valence electrons. The number of likely N-dealkylation sites (tertiary alicyclic amines) is 3. The third-order valence-electron chi connectivity index (χ3n) is 8.78. The fraction of sp³-hybridized carbons (Fsp3) is 0.708. The lowest BCUT2D eigenvalue weighted by Crippen LogP contribution is -2.69. The number of carbonyl (C=O) groups is 1. The van der Waals surface area contributed by atoms with E-state index < -0.39 is 11.9 Å². The van der Waals surface area contributed by atoms with Crippen molar-refractivity contribution in [1.82, 2.24) is 39.8 Å². The molecule has 0 bridgehead atoms. The first-order valence-corrected chi connectivity index (χ1v) is 12.8. The van der Waals surface area contributed by atoms with Gasteiger partial charge in [-0.15, -0.1) is 10.2 Å². The Hall–Kier alpha value is -2.76. The number of halogens is 3. The topological polar surface area (TPSA) is 94.1 Å². The number of nitrogens with one attached hydrogen (secondary N) is 1. The zero-order valence-corrected chi connectivity index (χ0v) is 20.0. The molecule has 5 fully saturated rings. The minimum Gasteiger partial charge on any atom is -0.328 e. The van der Waals surface area contributed by atoms with Gasteiger partial charge in [-0.1, -0.05) is 0 Å². The van der Waals surface area contributed by atoms with Crippen molar-refractivity contribution < 1.29 is 18.0 Å². The molecule has 3 saturated heterocycles. The van der Waals surface area contributed by atoms with E-state index in [9.17, 15) is 18.0 Å². The van der Waals surface area contributed by atoms with Crippen LogP contribution in [-0.4, -0.2) is 85.1 Å². The molecule has 2 amide bonds. The standard InChI is InChI=1S/C24H29F3N8O/c25-24(26,27)18-8-28-17(7-29-18)9-33-4-3-22(10-33)11-34(12-22)21(36)35-13-23(14-35)5-16(6-23)20-30-19(31-32-20)15-1-2-15/h7-8,15-16H,1-6,9-14H2,(H,30,31,32). The van der Waals surface area contributed by atoms with Crippen molar-refractivity contribution in [2.75, 3.05) is 39.3 Å². The number of hydrogen-bond donors (Lipinski definition) is 1. The highest BCUT2D eigenvalue weighted by Gasteiger charge is 2.57. The number of hydrogen-bond acceptors (Lipinski definition) is 6. The van der Waals surface area contributed by atoms with Crippen LogP contribution in [0.1, 0.15) is 67.0 Å². The summed E-state index contributed by atoms with van der Waals surface area (Å²) in [5.41, 5.74) is -0.0957. The van der Waals surface area contributed by atoms with E-state index in [-0.39, 0.29) is 16.9 Å². The van der Waals surface area contributed by atoms with Crippen LogP contribution in [0.4, 0.5) is 18.0 Å². The summed E-state index contributed by atoms with van der Waals surface area (Å²) in [5.74, 6) is 3.08. The maximum absolute atomic E-state index is 13.0. The highest BCUT2D eigenvalue weighted by Crippen LogP contribution is 2.56. The minimum absolute atomic E-state index is 0.0880. The highest BCUT2D eigenvalue weighted by molar-refractivity contribution is 5.77. The summed E-state index contributed by atoms with van der Waals surface area (Å²) < 4.78 is 38.1. The Labute approximate surface area is 206 Å². The van der Waals surface area contributed by atoms with Gasteiger partial charge >= 0.3 is 12.2 Å². The quantitative estimate of drug-likeness (QED) is 0.691. The summed E-state index contributed by atoms with van der Waals surface area (Å²) in [6.45, 7) is 5.30. The third kappa shape index (κ3) is 3.84. The Morgan fingerprint density at radius 3 is 2.22 bits per heavy atom. The Kier molecular flexibility index (Phi) is 4.75. The molecule has 2 aliphatic carbocycles. The molecule has 0 unspecified atom stereocenters. The van der Waals surface area contributed by atoms with Crippen molar-refractivity contribution in [3.05, 3.63) is 35.4 Å². The number of aromatic amines is 1. The van der Waals surface area contributed by atoms with Gasteiger partial charge in [0.1, 0.15) is 11.6 Å². The van der Waals surface area contributed by atoms with Gasteiger partial charge in [-0.25, -0.2) is 9.78 Å². The van der Waals surface area contributed by atoms with Crippen LogP contribution < -0.4 is 0 Å². The number of aromatic nitrogens is 5. The SMILES string of the molecule is O=C(N1CC2(CC(c3nnc(C4CC4)[nH]3)C2)C1)N1CC2(CCN(Cc3cnc(C(F)(F)F)cn3)C2)C1. The molecular formula is C24H29F3N8O. The van der Waals surface area contributed by atoms with E-state index in [4.69, 9.17) is 0 Å². The van der Waals surface area contributed by atoms with Crippen molar-refractivity contribution in [3.63, 3.8) is 0 Å². The molecule has 12 heteroatoms. The van der Waals surface area contributed by atoms with Crippen LogP contribution in [0.5, 0.6) is 0 Å². The fourth-order valence-corrected chi connectivity index (χ4v) is 6.68. The highest BCUT2D eigenvalue weighted by atomic mass is 19.4. The van der Waals surface area contributed by atoms with Crippen molar-refractivity contribution in [2.45, 2.75) is 56.7 Å². The number of alkyl halides is 3. The molecule has 9 nitrogen and oxygen atoms in total. The predicted octanol–water partition coefficient (Wildman–Crippen LogP) is 3.00. The molecule has 3 aliphatic heterocycles. The average molecular weight is 503 g/mol. The summed E-state index contributed by atoms with van der Waals surface area (Å²) in [6.07, 6.45) is 3.09. The molecule has 0 aromatic carbocycles. The lowest BCUT2D eigenvalue weighted by Gasteiger charge is -2.60. The van der Waals surface area contributed by atoms with Crippen molar-refractivity contribution in [2.24, 2.45) is 10.8 Å². The smallest absolute Gasteiger partial charge is 0.328 e. The van der Waals surface area contributed by atoms with Gasteiger partial charge in [0.15, 0.2) is 5.69 Å². The number of urea groups is 1. The zero-order chi connectivity index (χ0) is 24.7. The van der Waals surface area contributed by atoms with Gasteiger partial charge in [0.05, 0.1) is 18.1 Å². The number of amides is 2. The van der Waals surface area contributed by atoms with E-state index in [1.807, 2.05) is 9.80 Å². The molecule has 2 aromatic rings.